The fourth-order valence-electron chi connectivity index (χ4n) is 1.35. The standard InChI is InChI=1S/C13H15FN4.HI/c1-3-6-17-13(16-2)18-9-11-7-10(8-15)4-5-12(11)14;/h3-5,7H,1,6,9H2,2H3,(H2,16,17,18);1H. The van der Waals surface area contributed by atoms with Crippen molar-refractivity contribution in [1.29, 1.82) is 5.26 Å². The molecule has 0 aromatic heterocycles. The Morgan fingerprint density at radius 2 is 2.26 bits per heavy atom. The Hall–Kier alpha value is -1.62. The third-order valence-electron chi connectivity index (χ3n) is 2.26. The number of hydrogen-bond donors (Lipinski definition) is 2. The number of rotatable bonds is 4. The van der Waals surface area contributed by atoms with Crippen LogP contribution in [-0.4, -0.2) is 19.6 Å². The predicted molar refractivity (Wildman–Crippen MR) is 84.9 cm³/mol. The first-order chi connectivity index (χ1) is 8.71. The average molecular weight is 374 g/mol. The number of hydrogen-bond acceptors (Lipinski definition) is 2. The van der Waals surface area contributed by atoms with Gasteiger partial charge in [-0.05, 0) is 18.2 Å². The highest BCUT2D eigenvalue weighted by atomic mass is 127. The van der Waals surface area contributed by atoms with Crippen LogP contribution in [-0.2, 0) is 6.54 Å². The highest BCUT2D eigenvalue weighted by Gasteiger charge is 2.04. The number of guanidine groups is 1. The molecule has 1 rings (SSSR count). The lowest BCUT2D eigenvalue weighted by Gasteiger charge is -2.11. The van der Waals surface area contributed by atoms with Crippen LogP contribution in [0.1, 0.15) is 11.1 Å². The summed E-state index contributed by atoms with van der Waals surface area (Å²) in [7, 11) is 1.63. The minimum absolute atomic E-state index is 0. The lowest BCUT2D eigenvalue weighted by molar-refractivity contribution is 0.605. The molecule has 0 aliphatic rings. The van der Waals surface area contributed by atoms with E-state index in [0.29, 0.717) is 23.6 Å². The van der Waals surface area contributed by atoms with Crippen LogP contribution in [0.25, 0.3) is 0 Å². The largest absolute Gasteiger partial charge is 0.353 e. The first-order valence-corrected chi connectivity index (χ1v) is 5.45. The second-order valence-electron chi connectivity index (χ2n) is 3.51. The van der Waals surface area contributed by atoms with Crippen LogP contribution in [0.2, 0.25) is 0 Å². The third-order valence-corrected chi connectivity index (χ3v) is 2.26. The Balaban J connectivity index is 0.00000324. The number of benzene rings is 1. The molecule has 1 aromatic rings. The summed E-state index contributed by atoms with van der Waals surface area (Å²) in [6.45, 7) is 4.41. The molecule has 0 aliphatic heterocycles. The van der Waals surface area contributed by atoms with Crippen LogP contribution >= 0.6 is 24.0 Å². The van der Waals surface area contributed by atoms with Gasteiger partial charge < -0.3 is 10.6 Å². The molecule has 0 unspecified atom stereocenters. The van der Waals surface area contributed by atoms with Crippen LogP contribution in [0, 0.1) is 17.1 Å². The molecule has 1 aromatic carbocycles. The van der Waals surface area contributed by atoms with Gasteiger partial charge in [-0.2, -0.15) is 5.26 Å². The van der Waals surface area contributed by atoms with E-state index in [1.165, 1.54) is 18.2 Å². The number of nitriles is 1. The maximum Gasteiger partial charge on any atom is 0.191 e. The van der Waals surface area contributed by atoms with Gasteiger partial charge in [0.05, 0.1) is 11.6 Å². The van der Waals surface area contributed by atoms with Gasteiger partial charge in [-0.3, -0.25) is 4.99 Å². The van der Waals surface area contributed by atoms with Gasteiger partial charge in [-0.25, -0.2) is 4.39 Å². The SMILES string of the molecule is C=CCNC(=NC)NCc1cc(C#N)ccc1F.I. The smallest absolute Gasteiger partial charge is 0.191 e. The minimum Gasteiger partial charge on any atom is -0.353 e. The molecule has 0 fully saturated rings. The summed E-state index contributed by atoms with van der Waals surface area (Å²) in [5.74, 6) is 0.206. The zero-order chi connectivity index (χ0) is 13.4. The van der Waals surface area contributed by atoms with E-state index in [1.807, 2.05) is 6.07 Å². The first-order valence-electron chi connectivity index (χ1n) is 5.45. The Labute approximate surface area is 129 Å². The molecule has 102 valence electrons. The molecule has 6 heteroatoms. The van der Waals surface area contributed by atoms with Crippen molar-refractivity contribution in [2.45, 2.75) is 6.54 Å². The maximum absolute atomic E-state index is 13.5. The maximum atomic E-state index is 13.5. The second kappa shape index (κ2) is 9.33. The van der Waals surface area contributed by atoms with Gasteiger partial charge in [0.15, 0.2) is 5.96 Å². The zero-order valence-electron chi connectivity index (χ0n) is 10.6. The Morgan fingerprint density at radius 1 is 1.53 bits per heavy atom. The normalized spacial score (nSPS) is 10.1. The summed E-state index contributed by atoms with van der Waals surface area (Å²) in [6.07, 6.45) is 1.70. The van der Waals surface area contributed by atoms with Crippen LogP contribution < -0.4 is 10.6 Å². The molecule has 0 radical (unpaired) electrons. The van der Waals surface area contributed by atoms with Crippen LogP contribution in [0.3, 0.4) is 0 Å². The lowest BCUT2D eigenvalue weighted by atomic mass is 10.1. The fraction of sp³-hybridized carbons (Fsp3) is 0.231. The summed E-state index contributed by atoms with van der Waals surface area (Å²) >= 11 is 0. The van der Waals surface area contributed by atoms with Crippen molar-refractivity contribution in [3.63, 3.8) is 0 Å². The predicted octanol–water partition coefficient (Wildman–Crippen LogP) is 2.17. The van der Waals surface area contributed by atoms with Gasteiger partial charge in [0.1, 0.15) is 5.82 Å². The molecule has 0 bridgehead atoms. The fourth-order valence-corrected chi connectivity index (χ4v) is 1.35. The molecule has 0 spiro atoms. The Morgan fingerprint density at radius 3 is 2.84 bits per heavy atom. The van der Waals surface area contributed by atoms with Gasteiger partial charge in [-0.1, -0.05) is 6.08 Å². The van der Waals surface area contributed by atoms with Crippen molar-refractivity contribution in [3.05, 3.63) is 47.8 Å². The Bertz CT molecular complexity index is 494. The monoisotopic (exact) mass is 374 g/mol. The summed E-state index contributed by atoms with van der Waals surface area (Å²) in [4.78, 5) is 3.97. The first kappa shape index (κ1) is 17.4. The Kier molecular flexibility index (Phi) is 8.53. The minimum atomic E-state index is -0.347. The van der Waals surface area contributed by atoms with Crippen molar-refractivity contribution in [1.82, 2.24) is 10.6 Å². The number of nitrogens with zero attached hydrogens (tertiary/aromatic N) is 2. The van der Waals surface area contributed by atoms with E-state index in [-0.39, 0.29) is 36.3 Å². The average Bonchev–Trinajstić information content (AvgIpc) is 2.40. The molecule has 0 atom stereocenters. The topological polar surface area (TPSA) is 60.2 Å². The molecule has 0 saturated carbocycles. The molecule has 4 nitrogen and oxygen atoms in total. The number of aliphatic imine (C=N–C) groups is 1. The molecule has 0 heterocycles. The second-order valence-corrected chi connectivity index (χ2v) is 3.51. The van der Waals surface area contributed by atoms with Crippen molar-refractivity contribution in [3.8, 4) is 6.07 Å². The summed E-state index contributed by atoms with van der Waals surface area (Å²) < 4.78 is 13.5. The van der Waals surface area contributed by atoms with E-state index in [4.69, 9.17) is 5.26 Å². The summed E-state index contributed by atoms with van der Waals surface area (Å²) in [6, 6.07) is 6.23. The van der Waals surface area contributed by atoms with Crippen molar-refractivity contribution >= 4 is 29.9 Å². The van der Waals surface area contributed by atoms with Gasteiger partial charge in [0, 0.05) is 25.7 Å². The molecule has 0 aliphatic carbocycles. The van der Waals surface area contributed by atoms with Crippen molar-refractivity contribution in [2.75, 3.05) is 13.6 Å². The summed E-state index contributed by atoms with van der Waals surface area (Å²) in [5, 5.41) is 14.7. The van der Waals surface area contributed by atoms with Gasteiger partial charge in [-0.15, -0.1) is 30.6 Å². The van der Waals surface area contributed by atoms with Gasteiger partial charge in [0.2, 0.25) is 0 Å². The van der Waals surface area contributed by atoms with Gasteiger partial charge in [0.25, 0.3) is 0 Å². The molecule has 2 N–H and O–H groups in total. The van der Waals surface area contributed by atoms with Crippen LogP contribution in [0.5, 0.6) is 0 Å². The van der Waals surface area contributed by atoms with E-state index >= 15 is 0 Å². The van der Waals surface area contributed by atoms with Crippen molar-refractivity contribution < 1.29 is 4.39 Å². The van der Waals surface area contributed by atoms with E-state index in [2.05, 4.69) is 22.2 Å². The van der Waals surface area contributed by atoms with E-state index in [1.54, 1.807) is 13.1 Å². The van der Waals surface area contributed by atoms with Gasteiger partial charge >= 0.3 is 0 Å². The molecule has 0 amide bonds. The molecular weight excluding hydrogens is 358 g/mol. The molecule has 19 heavy (non-hydrogen) atoms. The van der Waals surface area contributed by atoms with E-state index in [9.17, 15) is 4.39 Å². The third kappa shape index (κ3) is 5.70. The van der Waals surface area contributed by atoms with E-state index < -0.39 is 0 Å². The molecular formula is C13H16FIN4. The number of halogens is 2. The zero-order valence-corrected chi connectivity index (χ0v) is 12.9. The van der Waals surface area contributed by atoms with Crippen LogP contribution in [0.4, 0.5) is 4.39 Å². The quantitative estimate of drug-likeness (QED) is 0.368. The van der Waals surface area contributed by atoms with E-state index in [0.717, 1.165) is 0 Å². The lowest BCUT2D eigenvalue weighted by Crippen LogP contribution is -2.36. The highest BCUT2D eigenvalue weighted by molar-refractivity contribution is 14.0. The van der Waals surface area contributed by atoms with Crippen LogP contribution in [0.15, 0.2) is 35.8 Å². The van der Waals surface area contributed by atoms with Crippen molar-refractivity contribution in [2.24, 2.45) is 4.99 Å². The highest BCUT2D eigenvalue weighted by Crippen LogP contribution is 2.09. The number of nitrogens with one attached hydrogen (secondary N) is 2. The summed E-state index contributed by atoms with van der Waals surface area (Å²) in [5.41, 5.74) is 0.859. The molecule has 0 saturated heterocycles.